The zero-order valence-electron chi connectivity index (χ0n) is 16.4. The van der Waals surface area contributed by atoms with E-state index in [9.17, 15) is 4.39 Å². The average molecular weight is 399 g/mol. The molecule has 0 saturated heterocycles. The summed E-state index contributed by atoms with van der Waals surface area (Å²) in [5.74, 6) is -0.107. The van der Waals surface area contributed by atoms with E-state index in [4.69, 9.17) is 11.5 Å². The fourth-order valence-corrected chi connectivity index (χ4v) is 3.50. The fraction of sp³-hybridized carbons (Fsp3) is 0.125. The van der Waals surface area contributed by atoms with Gasteiger partial charge in [0.15, 0.2) is 0 Å². The lowest BCUT2D eigenvalue weighted by molar-refractivity contribution is 0.628. The van der Waals surface area contributed by atoms with Crippen LogP contribution in [-0.2, 0) is 6.42 Å². The smallest absolute Gasteiger partial charge is 0.220 e. The number of aromatic nitrogens is 3. The second-order valence-electron chi connectivity index (χ2n) is 7.05. The Morgan fingerprint density at radius 1 is 0.833 bits per heavy atom. The van der Waals surface area contributed by atoms with Gasteiger partial charge < -0.3 is 11.5 Å². The van der Waals surface area contributed by atoms with E-state index in [1.54, 1.807) is 24.5 Å². The van der Waals surface area contributed by atoms with Gasteiger partial charge in [-0.05, 0) is 48.2 Å². The van der Waals surface area contributed by atoms with E-state index >= 15 is 0 Å². The molecule has 1 atom stereocenters. The maximum atomic E-state index is 13.6. The molecule has 0 aliphatic heterocycles. The van der Waals surface area contributed by atoms with Crippen molar-refractivity contribution in [3.8, 4) is 22.4 Å². The Labute approximate surface area is 174 Å². The van der Waals surface area contributed by atoms with Gasteiger partial charge in [-0.2, -0.15) is 0 Å². The number of nitrogens with two attached hydrogens (primary N) is 2. The zero-order valence-corrected chi connectivity index (χ0v) is 16.4. The Balaban J connectivity index is 1.77. The zero-order chi connectivity index (χ0) is 20.9. The first-order valence-electron chi connectivity index (χ1n) is 9.75. The predicted molar refractivity (Wildman–Crippen MR) is 117 cm³/mol. The van der Waals surface area contributed by atoms with Gasteiger partial charge in [-0.3, -0.25) is 4.98 Å². The minimum Gasteiger partial charge on any atom is -0.368 e. The minimum absolute atomic E-state index is 0.132. The van der Waals surface area contributed by atoms with Gasteiger partial charge in [0.25, 0.3) is 0 Å². The maximum absolute atomic E-state index is 13.6. The molecule has 0 saturated carbocycles. The summed E-state index contributed by atoms with van der Waals surface area (Å²) in [6, 6.07) is 19.9. The maximum Gasteiger partial charge on any atom is 0.220 e. The molecule has 2 aromatic heterocycles. The van der Waals surface area contributed by atoms with Crippen LogP contribution in [0.4, 0.5) is 10.3 Å². The summed E-state index contributed by atoms with van der Waals surface area (Å²) in [6.07, 6.45) is 4.69. The Bertz CT molecular complexity index is 1120. The molecule has 6 heteroatoms. The molecular weight excluding hydrogens is 377 g/mol. The van der Waals surface area contributed by atoms with Crippen LogP contribution in [-0.4, -0.2) is 15.0 Å². The third-order valence-electron chi connectivity index (χ3n) is 5.01. The summed E-state index contributed by atoms with van der Waals surface area (Å²) in [6.45, 7) is 0. The minimum atomic E-state index is -0.298. The van der Waals surface area contributed by atoms with Crippen molar-refractivity contribution in [3.63, 3.8) is 0 Å². The van der Waals surface area contributed by atoms with Crippen LogP contribution in [0.5, 0.6) is 0 Å². The number of nitrogens with zero attached hydrogens (tertiary/aromatic N) is 3. The number of hydrogen-bond acceptors (Lipinski definition) is 5. The van der Waals surface area contributed by atoms with Crippen molar-refractivity contribution >= 4 is 5.95 Å². The van der Waals surface area contributed by atoms with Gasteiger partial charge in [0.2, 0.25) is 5.95 Å². The molecule has 1 unspecified atom stereocenters. The lowest BCUT2D eigenvalue weighted by atomic mass is 9.94. The molecule has 2 aromatic carbocycles. The Morgan fingerprint density at radius 2 is 1.53 bits per heavy atom. The van der Waals surface area contributed by atoms with Crippen LogP contribution >= 0.6 is 0 Å². The van der Waals surface area contributed by atoms with E-state index in [0.29, 0.717) is 18.5 Å². The van der Waals surface area contributed by atoms with Gasteiger partial charge >= 0.3 is 0 Å². The summed E-state index contributed by atoms with van der Waals surface area (Å²) in [4.78, 5) is 13.1. The van der Waals surface area contributed by atoms with Crippen LogP contribution in [0, 0.1) is 5.82 Å². The Kier molecular flexibility index (Phi) is 5.77. The third kappa shape index (κ3) is 4.34. The molecule has 0 bridgehead atoms. The van der Waals surface area contributed by atoms with Crippen LogP contribution in [0.1, 0.15) is 23.7 Å². The number of benzene rings is 2. The molecule has 0 radical (unpaired) electrons. The second-order valence-corrected chi connectivity index (χ2v) is 7.05. The predicted octanol–water partition coefficient (Wildman–Crippen LogP) is 4.56. The molecule has 4 N–H and O–H groups in total. The van der Waals surface area contributed by atoms with E-state index in [1.165, 1.54) is 12.1 Å². The molecule has 5 nitrogen and oxygen atoms in total. The monoisotopic (exact) mass is 399 g/mol. The van der Waals surface area contributed by atoms with Crippen molar-refractivity contribution in [2.24, 2.45) is 5.73 Å². The van der Waals surface area contributed by atoms with E-state index in [0.717, 1.165) is 27.9 Å². The summed E-state index contributed by atoms with van der Waals surface area (Å²) in [5, 5.41) is 0. The van der Waals surface area contributed by atoms with Crippen molar-refractivity contribution < 1.29 is 4.39 Å². The van der Waals surface area contributed by atoms with Gasteiger partial charge in [0, 0.05) is 29.6 Å². The number of aryl methyl sites for hydroxylation is 1. The number of hydrogen-bond donors (Lipinski definition) is 2. The van der Waals surface area contributed by atoms with Crippen LogP contribution in [0.3, 0.4) is 0 Å². The highest BCUT2D eigenvalue weighted by Gasteiger charge is 2.18. The second kappa shape index (κ2) is 8.80. The van der Waals surface area contributed by atoms with Crippen molar-refractivity contribution in [2.75, 3.05) is 5.73 Å². The molecule has 0 aliphatic rings. The fourth-order valence-electron chi connectivity index (χ4n) is 3.50. The lowest BCUT2D eigenvalue weighted by Crippen LogP contribution is -2.13. The number of rotatable bonds is 6. The average Bonchev–Trinajstić information content (AvgIpc) is 2.79. The van der Waals surface area contributed by atoms with Crippen LogP contribution in [0.2, 0.25) is 0 Å². The van der Waals surface area contributed by atoms with Gasteiger partial charge in [-0.1, -0.05) is 42.5 Å². The molecule has 2 heterocycles. The van der Waals surface area contributed by atoms with Crippen molar-refractivity contribution in [1.29, 1.82) is 0 Å². The largest absolute Gasteiger partial charge is 0.368 e. The van der Waals surface area contributed by atoms with Crippen LogP contribution < -0.4 is 11.5 Å². The highest BCUT2D eigenvalue weighted by molar-refractivity contribution is 5.82. The molecular formula is C24H22FN5. The molecule has 0 aliphatic carbocycles. The van der Waals surface area contributed by atoms with Crippen LogP contribution in [0.15, 0.2) is 79.1 Å². The summed E-state index contributed by atoms with van der Waals surface area (Å²) in [5.41, 5.74) is 17.5. The summed E-state index contributed by atoms with van der Waals surface area (Å²) < 4.78 is 13.6. The molecule has 4 rings (SSSR count). The first kappa shape index (κ1) is 19.7. The number of nitrogen functional groups attached to an aromatic ring is 1. The highest BCUT2D eigenvalue weighted by Crippen LogP contribution is 2.34. The van der Waals surface area contributed by atoms with Crippen LogP contribution in [0.25, 0.3) is 22.4 Å². The van der Waals surface area contributed by atoms with Crippen molar-refractivity contribution in [2.45, 2.75) is 18.9 Å². The van der Waals surface area contributed by atoms with Crippen molar-refractivity contribution in [3.05, 3.63) is 96.2 Å². The lowest BCUT2D eigenvalue weighted by Gasteiger charge is -2.17. The first-order valence-corrected chi connectivity index (χ1v) is 9.75. The third-order valence-corrected chi connectivity index (χ3v) is 5.01. The first-order chi connectivity index (χ1) is 14.6. The van der Waals surface area contributed by atoms with Gasteiger partial charge in [-0.25, -0.2) is 14.4 Å². The molecule has 150 valence electrons. The quantitative estimate of drug-likeness (QED) is 0.496. The Morgan fingerprint density at radius 3 is 2.23 bits per heavy atom. The topological polar surface area (TPSA) is 90.7 Å². The summed E-state index contributed by atoms with van der Waals surface area (Å²) in [7, 11) is 0. The molecule has 4 aromatic rings. The van der Waals surface area contributed by atoms with Gasteiger partial charge in [0.1, 0.15) is 5.82 Å². The molecule has 30 heavy (non-hydrogen) atoms. The number of anilines is 1. The van der Waals surface area contributed by atoms with E-state index < -0.39 is 0 Å². The molecule has 0 amide bonds. The number of halogens is 1. The van der Waals surface area contributed by atoms with E-state index in [1.807, 2.05) is 42.5 Å². The highest BCUT2D eigenvalue weighted by atomic mass is 19.1. The Hall–Kier alpha value is -3.64. The van der Waals surface area contributed by atoms with E-state index in [-0.39, 0.29) is 17.8 Å². The normalized spacial score (nSPS) is 11.9. The SMILES string of the molecule is Nc1nc(CCC(N)c2ccccc2)c(-c2ccc(F)cc2)c(-c2ccncc2)n1. The molecule has 0 fully saturated rings. The van der Waals surface area contributed by atoms with Gasteiger partial charge in [-0.15, -0.1) is 0 Å². The van der Waals surface area contributed by atoms with Crippen molar-refractivity contribution in [1.82, 2.24) is 15.0 Å². The number of pyridine rings is 1. The van der Waals surface area contributed by atoms with E-state index in [2.05, 4.69) is 15.0 Å². The summed E-state index contributed by atoms with van der Waals surface area (Å²) >= 11 is 0. The standard InChI is InChI=1S/C24H22FN5/c25-19-8-6-17(7-9-19)22-21(11-10-20(26)16-4-2-1-3-5-16)29-24(27)30-23(22)18-12-14-28-15-13-18/h1-9,12-15,20H,10-11,26H2,(H2,27,29,30). The van der Waals surface area contributed by atoms with Gasteiger partial charge in [0.05, 0.1) is 11.4 Å². The molecule has 0 spiro atoms.